The molecular weight excluding hydrogens is 378 g/mol. The van der Waals surface area contributed by atoms with Crippen molar-refractivity contribution in [3.63, 3.8) is 0 Å². The number of hydrogen-bond donors (Lipinski definition) is 0. The van der Waals surface area contributed by atoms with E-state index >= 15 is 0 Å². The fourth-order valence-corrected chi connectivity index (χ4v) is 4.23. The van der Waals surface area contributed by atoms with E-state index in [0.29, 0.717) is 12.5 Å². The number of rotatable bonds is 6. The molecule has 6 nitrogen and oxygen atoms in total. The summed E-state index contributed by atoms with van der Waals surface area (Å²) in [5, 5.41) is 0. The Morgan fingerprint density at radius 1 is 1.13 bits per heavy atom. The molecule has 4 rings (SSSR count). The first-order valence-corrected chi connectivity index (χ1v) is 10.6. The van der Waals surface area contributed by atoms with Crippen molar-refractivity contribution in [2.24, 2.45) is 5.92 Å². The van der Waals surface area contributed by atoms with Crippen molar-refractivity contribution in [1.82, 2.24) is 9.55 Å². The quantitative estimate of drug-likeness (QED) is 0.454. The van der Waals surface area contributed by atoms with Gasteiger partial charge in [-0.25, -0.2) is 4.98 Å². The number of aromatic nitrogens is 2. The number of anilines is 1. The number of nitrogens with zero attached hydrogens (tertiary/aromatic N) is 3. The molecular formula is C24H27N3O3. The molecule has 0 spiro atoms. The van der Waals surface area contributed by atoms with Crippen LogP contribution in [0.5, 0.6) is 0 Å². The summed E-state index contributed by atoms with van der Waals surface area (Å²) >= 11 is 0. The summed E-state index contributed by atoms with van der Waals surface area (Å²) in [5.74, 6) is -1.08. The van der Waals surface area contributed by atoms with Crippen molar-refractivity contribution >= 4 is 28.9 Å². The number of unbranched alkanes of at least 4 members (excludes halogenated alkanes) is 1. The maximum Gasteiger partial charge on any atom is 0.321 e. The van der Waals surface area contributed by atoms with Crippen LogP contribution in [0.2, 0.25) is 0 Å². The number of esters is 1. The third-order valence-corrected chi connectivity index (χ3v) is 5.60. The molecule has 156 valence electrons. The van der Waals surface area contributed by atoms with Crippen LogP contribution in [0.4, 0.5) is 5.95 Å². The molecule has 0 fully saturated rings. The summed E-state index contributed by atoms with van der Waals surface area (Å²) in [6, 6.07) is 15.3. The maximum atomic E-state index is 13.6. The van der Waals surface area contributed by atoms with Gasteiger partial charge in [0.2, 0.25) is 11.9 Å². The van der Waals surface area contributed by atoms with Gasteiger partial charge in [-0.2, -0.15) is 0 Å². The average molecular weight is 405 g/mol. The Balaban J connectivity index is 1.98. The summed E-state index contributed by atoms with van der Waals surface area (Å²) in [4.78, 5) is 33.1. The molecule has 30 heavy (non-hydrogen) atoms. The molecule has 2 heterocycles. The Morgan fingerprint density at radius 3 is 2.67 bits per heavy atom. The first-order valence-electron chi connectivity index (χ1n) is 10.6. The van der Waals surface area contributed by atoms with Gasteiger partial charge in [0.25, 0.3) is 0 Å². The predicted octanol–water partition coefficient (Wildman–Crippen LogP) is 4.26. The Hall–Kier alpha value is -3.15. The van der Waals surface area contributed by atoms with E-state index in [1.165, 1.54) is 0 Å². The van der Waals surface area contributed by atoms with Crippen LogP contribution >= 0.6 is 0 Å². The van der Waals surface area contributed by atoms with E-state index in [1.807, 2.05) is 60.0 Å². The summed E-state index contributed by atoms with van der Waals surface area (Å²) in [6.07, 6.45) is 1.77. The van der Waals surface area contributed by atoms with Crippen molar-refractivity contribution in [1.29, 1.82) is 0 Å². The lowest BCUT2D eigenvalue weighted by Gasteiger charge is -2.38. The minimum absolute atomic E-state index is 0.232. The summed E-state index contributed by atoms with van der Waals surface area (Å²) in [6.45, 7) is 6.61. The van der Waals surface area contributed by atoms with Crippen molar-refractivity contribution < 1.29 is 14.3 Å². The normalized spacial score (nSPS) is 18.5. The Morgan fingerprint density at radius 2 is 1.93 bits per heavy atom. The van der Waals surface area contributed by atoms with Gasteiger partial charge in [-0.15, -0.1) is 0 Å². The second-order valence-corrected chi connectivity index (χ2v) is 7.70. The summed E-state index contributed by atoms with van der Waals surface area (Å²) in [7, 11) is 0. The van der Waals surface area contributed by atoms with Crippen LogP contribution < -0.4 is 4.90 Å². The molecule has 1 aliphatic heterocycles. The molecule has 0 radical (unpaired) electrons. The highest BCUT2D eigenvalue weighted by atomic mass is 16.5. The molecule has 6 heteroatoms. The number of carbonyl (C=O) groups excluding carboxylic acids is 2. The lowest BCUT2D eigenvalue weighted by Crippen LogP contribution is -2.50. The van der Waals surface area contributed by atoms with Gasteiger partial charge in [-0.3, -0.25) is 14.5 Å². The number of para-hydroxylation sites is 2. The van der Waals surface area contributed by atoms with Gasteiger partial charge in [0.05, 0.1) is 23.7 Å². The maximum absolute atomic E-state index is 13.6. The number of ether oxygens (including phenoxy) is 1. The predicted molar refractivity (Wildman–Crippen MR) is 116 cm³/mol. The molecule has 0 bridgehead atoms. The highest BCUT2D eigenvalue weighted by Crippen LogP contribution is 2.41. The highest BCUT2D eigenvalue weighted by Gasteiger charge is 2.47. The van der Waals surface area contributed by atoms with Crippen LogP contribution in [-0.2, 0) is 14.3 Å². The molecule has 1 aliphatic rings. The van der Waals surface area contributed by atoms with Crippen LogP contribution in [0, 0.1) is 12.8 Å². The third-order valence-electron chi connectivity index (χ3n) is 5.60. The van der Waals surface area contributed by atoms with E-state index in [9.17, 15) is 9.59 Å². The second-order valence-electron chi connectivity index (χ2n) is 7.70. The molecule has 2 atom stereocenters. The lowest BCUT2D eigenvalue weighted by atomic mass is 9.88. The van der Waals surface area contributed by atoms with E-state index in [4.69, 9.17) is 9.72 Å². The standard InChI is InChI=1S/C24H27N3O3/c1-4-6-14-26-22(28)20(23(29)30-5-2)21(17-11-9-10-16(3)15-17)27-19-13-8-7-12-18(19)25-24(26)27/h7-13,15,20-21H,4-6,14H2,1-3H3/t20-,21-/m1/s1. The fourth-order valence-electron chi connectivity index (χ4n) is 4.23. The molecule has 0 saturated carbocycles. The van der Waals surface area contributed by atoms with Crippen molar-refractivity contribution in [3.8, 4) is 0 Å². The lowest BCUT2D eigenvalue weighted by molar-refractivity contribution is -0.153. The summed E-state index contributed by atoms with van der Waals surface area (Å²) in [5.41, 5.74) is 3.69. The van der Waals surface area contributed by atoms with Crippen molar-refractivity contribution in [3.05, 3.63) is 59.7 Å². The van der Waals surface area contributed by atoms with E-state index in [2.05, 4.69) is 6.92 Å². The van der Waals surface area contributed by atoms with Gasteiger partial charge in [-0.1, -0.05) is 55.3 Å². The van der Waals surface area contributed by atoms with Crippen LogP contribution in [-0.4, -0.2) is 34.6 Å². The van der Waals surface area contributed by atoms with E-state index in [1.54, 1.807) is 11.8 Å². The minimum Gasteiger partial charge on any atom is -0.465 e. The number of imidazole rings is 1. The largest absolute Gasteiger partial charge is 0.465 e. The first-order chi connectivity index (χ1) is 14.6. The van der Waals surface area contributed by atoms with Gasteiger partial charge >= 0.3 is 5.97 Å². The van der Waals surface area contributed by atoms with Gasteiger partial charge < -0.3 is 9.30 Å². The van der Waals surface area contributed by atoms with E-state index in [0.717, 1.165) is 35.0 Å². The molecule has 0 unspecified atom stereocenters. The molecule has 0 aliphatic carbocycles. The third kappa shape index (κ3) is 3.36. The Kier molecular flexibility index (Phi) is 5.57. The monoisotopic (exact) mass is 405 g/mol. The molecule has 0 saturated heterocycles. The molecule has 1 amide bonds. The fraction of sp³-hybridized carbons (Fsp3) is 0.375. The van der Waals surface area contributed by atoms with Gasteiger partial charge in [0.15, 0.2) is 5.92 Å². The number of aryl methyl sites for hydroxylation is 1. The number of carbonyl (C=O) groups is 2. The zero-order chi connectivity index (χ0) is 21.3. The molecule has 0 N–H and O–H groups in total. The van der Waals surface area contributed by atoms with Crippen LogP contribution in [0.25, 0.3) is 11.0 Å². The molecule has 1 aromatic heterocycles. The number of amides is 1. The minimum atomic E-state index is -0.950. The molecule has 2 aromatic carbocycles. The van der Waals surface area contributed by atoms with Gasteiger partial charge in [-0.05, 0) is 38.0 Å². The first kappa shape index (κ1) is 20.1. The Labute approximate surface area is 176 Å². The average Bonchev–Trinajstić information content (AvgIpc) is 3.11. The molecule has 3 aromatic rings. The topological polar surface area (TPSA) is 64.4 Å². The number of hydrogen-bond acceptors (Lipinski definition) is 4. The highest BCUT2D eigenvalue weighted by molar-refractivity contribution is 6.08. The van der Waals surface area contributed by atoms with Crippen LogP contribution in [0.15, 0.2) is 48.5 Å². The summed E-state index contributed by atoms with van der Waals surface area (Å²) < 4.78 is 7.41. The second kappa shape index (κ2) is 8.30. The number of benzene rings is 2. The Bertz CT molecular complexity index is 1090. The van der Waals surface area contributed by atoms with Gasteiger partial charge in [0.1, 0.15) is 0 Å². The zero-order valence-electron chi connectivity index (χ0n) is 17.7. The van der Waals surface area contributed by atoms with Crippen LogP contribution in [0.3, 0.4) is 0 Å². The van der Waals surface area contributed by atoms with Crippen molar-refractivity contribution in [2.45, 2.75) is 39.7 Å². The van der Waals surface area contributed by atoms with Crippen LogP contribution in [0.1, 0.15) is 43.9 Å². The van der Waals surface area contributed by atoms with E-state index in [-0.39, 0.29) is 12.5 Å². The van der Waals surface area contributed by atoms with Gasteiger partial charge in [0, 0.05) is 6.54 Å². The SMILES string of the molecule is CCCCN1C(=O)[C@H](C(=O)OCC)[C@@H](c2cccc(C)c2)n2c1nc1ccccc12. The van der Waals surface area contributed by atoms with Crippen molar-refractivity contribution in [2.75, 3.05) is 18.1 Å². The zero-order valence-corrected chi connectivity index (χ0v) is 17.7. The smallest absolute Gasteiger partial charge is 0.321 e. The number of fused-ring (bicyclic) bond motifs is 3. The van der Waals surface area contributed by atoms with E-state index < -0.39 is 17.9 Å².